The summed E-state index contributed by atoms with van der Waals surface area (Å²) in [6.45, 7) is 25.6. The fourth-order valence-corrected chi connectivity index (χ4v) is 14.4. The average molecular weight is 1570 g/mol. The van der Waals surface area contributed by atoms with Crippen molar-refractivity contribution < 1.29 is 42.9 Å². The summed E-state index contributed by atoms with van der Waals surface area (Å²) in [6.07, 6.45) is 16.6. The molecule has 0 radical (unpaired) electrons. The Hall–Kier alpha value is -12.7. The number of rotatable bonds is 22. The van der Waals surface area contributed by atoms with E-state index in [9.17, 15) is 24.0 Å². The normalized spacial score (nSPS) is 15.5. The van der Waals surface area contributed by atoms with Crippen molar-refractivity contribution in [2.45, 2.75) is 73.5 Å². The molecule has 1 unspecified atom stereocenters. The first-order valence-corrected chi connectivity index (χ1v) is 39.4. The number of anilines is 3. The molecule has 600 valence electrons. The van der Waals surface area contributed by atoms with Crippen molar-refractivity contribution in [1.82, 2.24) is 104 Å². The Bertz CT molecular complexity index is 5300. The molecule has 33 heteroatoms. The molecule has 0 aliphatic carbocycles. The number of carbonyl (C=O) groups is 5. The number of pyridine rings is 3. The van der Waals surface area contributed by atoms with Gasteiger partial charge in [0.2, 0.25) is 29.7 Å². The van der Waals surface area contributed by atoms with Gasteiger partial charge in [-0.15, -0.1) is 0 Å². The molecule has 4 aliphatic rings. The van der Waals surface area contributed by atoms with Crippen LogP contribution in [0.4, 0.5) is 32.2 Å². The van der Waals surface area contributed by atoms with Crippen molar-refractivity contribution in [2.75, 3.05) is 134 Å². The lowest BCUT2D eigenvalue weighted by Gasteiger charge is -2.35. The minimum Gasteiger partial charge on any atom is -0.450 e. The highest BCUT2D eigenvalue weighted by Gasteiger charge is 2.31. The number of aromatic amines is 3. The van der Waals surface area contributed by atoms with E-state index in [4.69, 9.17) is 33.9 Å². The highest BCUT2D eigenvalue weighted by atomic mass is 16.6. The fraction of sp³-hybridized carbons (Fsp3) is 0.361. The van der Waals surface area contributed by atoms with Crippen molar-refractivity contribution in [2.24, 2.45) is 5.92 Å². The smallest absolute Gasteiger partial charge is 0.413 e. The van der Waals surface area contributed by atoms with Crippen molar-refractivity contribution in [3.8, 4) is 67.5 Å². The zero-order chi connectivity index (χ0) is 80.3. The van der Waals surface area contributed by atoms with E-state index in [1.54, 1.807) is 76.2 Å². The molecule has 0 bridgehead atoms. The molecule has 33 nitrogen and oxygen atoms in total. The van der Waals surface area contributed by atoms with Crippen LogP contribution in [-0.4, -0.2) is 252 Å². The minimum absolute atomic E-state index is 0.0196. The van der Waals surface area contributed by atoms with Crippen LogP contribution in [0.25, 0.3) is 101 Å². The molecule has 4 aliphatic heterocycles. The number of piperazine rings is 3. The monoisotopic (exact) mass is 1570 g/mol. The number of carbonyl (C=O) groups excluding carboxylic acids is 5. The lowest BCUT2D eigenvalue weighted by atomic mass is 10.0. The van der Waals surface area contributed by atoms with Gasteiger partial charge in [-0.3, -0.25) is 55.2 Å². The molecule has 6 N–H and O–H groups in total. The molecular formula is C83H94N24O9. The van der Waals surface area contributed by atoms with E-state index in [2.05, 4.69) is 114 Å². The van der Waals surface area contributed by atoms with Crippen LogP contribution in [0.3, 0.4) is 0 Å². The van der Waals surface area contributed by atoms with Crippen molar-refractivity contribution in [3.05, 3.63) is 164 Å². The van der Waals surface area contributed by atoms with Crippen LogP contribution in [0.5, 0.6) is 0 Å². The zero-order valence-corrected chi connectivity index (χ0v) is 65.6. The van der Waals surface area contributed by atoms with Gasteiger partial charge in [-0.2, -0.15) is 0 Å². The molecular weight excluding hydrogens is 1480 g/mol. The molecule has 0 saturated carbocycles. The number of benzene rings is 3. The third kappa shape index (κ3) is 20.3. The second kappa shape index (κ2) is 38.4. The molecule has 3 aromatic carbocycles. The van der Waals surface area contributed by atoms with Crippen molar-refractivity contribution in [3.63, 3.8) is 0 Å². The van der Waals surface area contributed by atoms with E-state index < -0.39 is 18.3 Å². The molecule has 9 aromatic heterocycles. The number of ether oxygens (including phenoxy) is 4. The van der Waals surface area contributed by atoms with E-state index in [-0.39, 0.29) is 49.4 Å². The molecule has 13 heterocycles. The van der Waals surface area contributed by atoms with Crippen molar-refractivity contribution in [1.29, 1.82) is 0 Å². The van der Waals surface area contributed by atoms with Crippen LogP contribution < -0.4 is 16.0 Å². The Morgan fingerprint density at radius 1 is 0.422 bits per heavy atom. The van der Waals surface area contributed by atoms with Crippen LogP contribution in [0, 0.1) is 5.92 Å². The van der Waals surface area contributed by atoms with Gasteiger partial charge in [0.15, 0.2) is 17.5 Å². The van der Waals surface area contributed by atoms with Gasteiger partial charge in [-0.05, 0) is 130 Å². The molecule has 4 saturated heterocycles. The summed E-state index contributed by atoms with van der Waals surface area (Å²) in [6, 6.07) is 29.5. The first kappa shape index (κ1) is 79.9. The maximum Gasteiger partial charge on any atom is 0.413 e. The number of hydrogen-bond acceptors (Lipinski definition) is 25. The molecule has 0 spiro atoms. The Balaban J connectivity index is 0.000000144. The molecule has 4 fully saturated rings. The summed E-state index contributed by atoms with van der Waals surface area (Å²) in [5, 5.41) is 7.89. The number of imidazole rings is 3. The summed E-state index contributed by atoms with van der Waals surface area (Å²) in [4.78, 5) is 138. The van der Waals surface area contributed by atoms with Crippen LogP contribution in [0.2, 0.25) is 0 Å². The molecule has 5 amide bonds. The number of nitrogens with one attached hydrogen (secondary N) is 6. The Morgan fingerprint density at radius 2 is 0.767 bits per heavy atom. The Labute approximate surface area is 669 Å². The van der Waals surface area contributed by atoms with Gasteiger partial charge >= 0.3 is 18.3 Å². The van der Waals surface area contributed by atoms with E-state index in [0.29, 0.717) is 59.6 Å². The van der Waals surface area contributed by atoms with Gasteiger partial charge in [0.1, 0.15) is 16.6 Å². The van der Waals surface area contributed by atoms with Crippen molar-refractivity contribution >= 4 is 81.0 Å². The predicted octanol–water partition coefficient (Wildman–Crippen LogP) is 11.2. The average Bonchev–Trinajstić information content (AvgIpc) is 1.61. The molecule has 116 heavy (non-hydrogen) atoms. The number of amides is 5. The van der Waals surface area contributed by atoms with Gasteiger partial charge in [0.05, 0.1) is 66.0 Å². The SMILES string of the molecule is CCCN1CCN(Cc2ccc(-c3cc(-c4ncccn4)c4nc(NC(=O)OCC)[nH]c4c3)cn2)CC1.CCOC(=O)Nc1nc2c(-c3ncccn3)cc(-c3ccc(CN4CCN(C(=O)C5CCOC5)CC4)nc3)cc2[nH]1.CCOC(=O)Nc1nc2c(-c3ncccn3)cc(-c3ccc(CN4CCN(C(=O)CC)CC4)nc3)cc2[nH]1. The summed E-state index contributed by atoms with van der Waals surface area (Å²) in [7, 11) is 0. The summed E-state index contributed by atoms with van der Waals surface area (Å²) in [5.74, 6) is 2.92. The quantitative estimate of drug-likeness (QED) is 0.0343. The van der Waals surface area contributed by atoms with Crippen LogP contribution >= 0.6 is 0 Å². The summed E-state index contributed by atoms with van der Waals surface area (Å²) < 4.78 is 20.3. The van der Waals surface area contributed by atoms with Gasteiger partial charge in [-0.1, -0.05) is 32.0 Å². The number of nitrogens with zero attached hydrogens (tertiary/aromatic N) is 18. The fourth-order valence-electron chi connectivity index (χ4n) is 14.4. The lowest BCUT2D eigenvalue weighted by molar-refractivity contribution is -0.137. The van der Waals surface area contributed by atoms with E-state index in [1.807, 2.05) is 96.0 Å². The Kier molecular flexibility index (Phi) is 26.5. The zero-order valence-electron chi connectivity index (χ0n) is 65.6. The standard InChI is InChI=1S/C29H32N8O4.C27H30N8O3.C27H32N8O2/c1-2-41-29(39)35-28-33-24-15-21(14-23(25(24)34-28)26-30-7-3-8-31-26)19-4-5-22(32-16-19)17-36-9-11-37(12-10-36)27(38)20-6-13-40-18-20;1-3-23(36)35-12-10-34(11-13-35)17-20-7-6-18(16-30-20)19-14-21(25-28-8-5-9-29-25)24-22(15-19)31-26(32-24)33-27(37)38-4-2;1-3-10-34-11-13-35(14-12-34)18-21-7-6-19(17-30-21)20-15-22(25-28-8-5-9-29-25)24-23(16-20)31-26(32-24)33-27(36)37-4-2/h3-5,7-8,14-16,20H,2,6,9-13,17-18H2,1H3,(H2,33,34,35,39);5-9,14-16H,3-4,10-13,17H2,1-2H3,(H2,31,32,33,37);5-9,15-17H,3-4,10-14,18H2,1-2H3,(H2,31,32,33,36). The van der Waals surface area contributed by atoms with Crippen LogP contribution in [-0.2, 0) is 48.2 Å². The second-order valence-electron chi connectivity index (χ2n) is 28.2. The number of H-pyrrole nitrogens is 3. The van der Waals surface area contributed by atoms with E-state index in [1.165, 1.54) is 13.0 Å². The maximum absolute atomic E-state index is 12.7. The molecule has 16 rings (SSSR count). The topological polar surface area (TPSA) is 380 Å². The van der Waals surface area contributed by atoms with E-state index >= 15 is 0 Å². The maximum atomic E-state index is 12.7. The number of aromatic nitrogens is 15. The third-order valence-corrected chi connectivity index (χ3v) is 20.3. The third-order valence-electron chi connectivity index (χ3n) is 20.3. The first-order valence-electron chi connectivity index (χ1n) is 39.4. The second-order valence-corrected chi connectivity index (χ2v) is 28.2. The summed E-state index contributed by atoms with van der Waals surface area (Å²) in [5.41, 5.74) is 15.0. The van der Waals surface area contributed by atoms with Crippen LogP contribution in [0.15, 0.2) is 147 Å². The first-order chi connectivity index (χ1) is 56.7. The highest BCUT2D eigenvalue weighted by molar-refractivity contribution is 6.00. The Morgan fingerprint density at radius 3 is 1.08 bits per heavy atom. The van der Waals surface area contributed by atoms with E-state index in [0.717, 1.165) is 188 Å². The molecule has 12 aromatic rings. The lowest BCUT2D eigenvalue weighted by Crippen LogP contribution is -2.50. The minimum atomic E-state index is -0.583. The number of hydrogen-bond donors (Lipinski definition) is 6. The van der Waals surface area contributed by atoms with Gasteiger partial charge in [0.25, 0.3) is 0 Å². The number of fused-ring (bicyclic) bond motifs is 3. The molecule has 1 atom stereocenters. The van der Waals surface area contributed by atoms with Crippen LogP contribution in [0.1, 0.15) is 71.0 Å². The highest BCUT2D eigenvalue weighted by Crippen LogP contribution is 2.36. The predicted molar refractivity (Wildman–Crippen MR) is 438 cm³/mol. The van der Waals surface area contributed by atoms with Gasteiger partial charge in [0, 0.05) is 200 Å². The largest absolute Gasteiger partial charge is 0.450 e. The summed E-state index contributed by atoms with van der Waals surface area (Å²) >= 11 is 0. The van der Waals surface area contributed by atoms with Gasteiger partial charge in [-0.25, -0.2) is 59.2 Å². The van der Waals surface area contributed by atoms with Gasteiger partial charge < -0.3 is 48.6 Å².